The zero-order chi connectivity index (χ0) is 14.8. The molecular weight excluding hydrogens is 298 g/mol. The van der Waals surface area contributed by atoms with E-state index >= 15 is 0 Å². The second kappa shape index (κ2) is 5.67. The van der Waals surface area contributed by atoms with Gasteiger partial charge in [0.2, 0.25) is 5.89 Å². The zero-order valence-electron chi connectivity index (χ0n) is 11.4. The predicted molar refractivity (Wildman–Crippen MR) is 78.2 cm³/mol. The lowest BCUT2D eigenvalue weighted by Crippen LogP contribution is -2.24. The highest BCUT2D eigenvalue weighted by Crippen LogP contribution is 2.24. The number of nitrogens with zero attached hydrogens (tertiary/aromatic N) is 1. The highest BCUT2D eigenvalue weighted by atomic mass is 32.2. The van der Waals surface area contributed by atoms with Crippen LogP contribution < -0.4 is 0 Å². The minimum Gasteiger partial charge on any atom is -0.444 e. The van der Waals surface area contributed by atoms with Gasteiger partial charge in [0.05, 0.1) is 27.7 Å². The van der Waals surface area contributed by atoms with Gasteiger partial charge in [0.1, 0.15) is 6.26 Å². The fraction of sp³-hybridized carbons (Fsp3) is 0.462. The molecule has 0 bridgehead atoms. The number of thiophene rings is 1. The van der Waals surface area contributed by atoms with E-state index in [1.165, 1.54) is 17.6 Å². The second-order valence-electron chi connectivity index (χ2n) is 5.28. The molecular formula is C13H17NO4S2. The number of hydrogen-bond acceptors (Lipinski definition) is 6. The fourth-order valence-corrected chi connectivity index (χ4v) is 3.78. The largest absolute Gasteiger partial charge is 0.444 e. The Kier molecular flexibility index (Phi) is 4.31. The van der Waals surface area contributed by atoms with Crippen molar-refractivity contribution in [2.24, 2.45) is 0 Å². The molecule has 0 saturated heterocycles. The average molecular weight is 315 g/mol. The van der Waals surface area contributed by atoms with E-state index in [2.05, 4.69) is 4.98 Å². The summed E-state index contributed by atoms with van der Waals surface area (Å²) >= 11 is 1.48. The lowest BCUT2D eigenvalue weighted by Gasteiger charge is -2.16. The molecule has 0 spiro atoms. The molecule has 20 heavy (non-hydrogen) atoms. The summed E-state index contributed by atoms with van der Waals surface area (Å²) in [6.45, 7) is 3.18. The van der Waals surface area contributed by atoms with E-state index < -0.39 is 15.4 Å². The fourth-order valence-electron chi connectivity index (χ4n) is 1.59. The number of sulfone groups is 1. The van der Waals surface area contributed by atoms with Gasteiger partial charge < -0.3 is 9.52 Å². The molecule has 7 heteroatoms. The quantitative estimate of drug-likeness (QED) is 0.885. The van der Waals surface area contributed by atoms with E-state index in [1.54, 1.807) is 13.8 Å². The first kappa shape index (κ1) is 15.2. The van der Waals surface area contributed by atoms with Gasteiger partial charge in [0, 0.05) is 0 Å². The van der Waals surface area contributed by atoms with Gasteiger partial charge >= 0.3 is 0 Å². The molecule has 2 heterocycles. The summed E-state index contributed by atoms with van der Waals surface area (Å²) in [6, 6.07) is 3.74. The van der Waals surface area contributed by atoms with Gasteiger partial charge in [-0.25, -0.2) is 13.4 Å². The number of aromatic nitrogens is 1. The molecule has 2 aromatic rings. The minimum absolute atomic E-state index is 0.0717. The van der Waals surface area contributed by atoms with E-state index in [4.69, 9.17) is 4.42 Å². The van der Waals surface area contributed by atoms with Crippen molar-refractivity contribution < 1.29 is 17.9 Å². The predicted octanol–water partition coefficient (Wildman–Crippen LogP) is 2.48. The van der Waals surface area contributed by atoms with Crippen LogP contribution in [0.5, 0.6) is 0 Å². The van der Waals surface area contributed by atoms with Gasteiger partial charge in [-0.2, -0.15) is 0 Å². The first-order valence-electron chi connectivity index (χ1n) is 6.16. The topological polar surface area (TPSA) is 80.4 Å². The molecule has 0 aliphatic carbocycles. The van der Waals surface area contributed by atoms with Crippen molar-refractivity contribution in [2.75, 3.05) is 5.75 Å². The molecule has 110 valence electrons. The number of aliphatic hydroxyl groups is 1. The molecule has 0 aromatic carbocycles. The van der Waals surface area contributed by atoms with Crippen LogP contribution >= 0.6 is 11.3 Å². The van der Waals surface area contributed by atoms with Crippen molar-refractivity contribution in [1.29, 1.82) is 0 Å². The number of oxazole rings is 1. The van der Waals surface area contributed by atoms with E-state index in [9.17, 15) is 13.5 Å². The third-order valence-electron chi connectivity index (χ3n) is 2.68. The Morgan fingerprint density at radius 2 is 2.20 bits per heavy atom. The van der Waals surface area contributed by atoms with Crippen LogP contribution in [0.2, 0.25) is 0 Å². The highest BCUT2D eigenvalue weighted by Gasteiger charge is 2.21. The monoisotopic (exact) mass is 315 g/mol. The third-order valence-corrected chi connectivity index (χ3v) is 5.10. The van der Waals surface area contributed by atoms with Gasteiger partial charge in [-0.3, -0.25) is 0 Å². The normalized spacial score (nSPS) is 12.8. The molecule has 2 aromatic heterocycles. The van der Waals surface area contributed by atoms with Crippen molar-refractivity contribution in [3.05, 3.63) is 29.5 Å². The molecule has 0 saturated carbocycles. The minimum atomic E-state index is -3.30. The van der Waals surface area contributed by atoms with E-state index in [0.29, 0.717) is 11.6 Å². The van der Waals surface area contributed by atoms with Crippen LogP contribution in [-0.2, 0) is 15.6 Å². The van der Waals surface area contributed by atoms with Crippen LogP contribution in [0.1, 0.15) is 26.0 Å². The maximum absolute atomic E-state index is 12.0. The first-order chi connectivity index (χ1) is 9.25. The van der Waals surface area contributed by atoms with Crippen LogP contribution in [0.4, 0.5) is 0 Å². The van der Waals surface area contributed by atoms with Crippen molar-refractivity contribution in [3.8, 4) is 10.8 Å². The summed E-state index contributed by atoms with van der Waals surface area (Å²) in [6.07, 6.45) is 1.57. The smallest absolute Gasteiger partial charge is 0.236 e. The lowest BCUT2D eigenvalue weighted by molar-refractivity contribution is 0.0772. The Morgan fingerprint density at radius 1 is 1.45 bits per heavy atom. The second-order valence-corrected chi connectivity index (χ2v) is 8.41. The van der Waals surface area contributed by atoms with Crippen molar-refractivity contribution in [1.82, 2.24) is 4.98 Å². The van der Waals surface area contributed by atoms with Crippen LogP contribution in [0.25, 0.3) is 10.8 Å². The Labute approximate surface area is 122 Å². The third kappa shape index (κ3) is 4.43. The van der Waals surface area contributed by atoms with Crippen molar-refractivity contribution in [3.63, 3.8) is 0 Å². The number of hydrogen-bond donors (Lipinski definition) is 1. The van der Waals surface area contributed by atoms with Gasteiger partial charge in [-0.15, -0.1) is 11.3 Å². The molecule has 1 N–H and O–H groups in total. The Bertz CT molecular complexity index is 651. The maximum atomic E-state index is 12.0. The zero-order valence-corrected chi connectivity index (χ0v) is 13.0. The summed E-state index contributed by atoms with van der Waals surface area (Å²) in [7, 11) is -3.30. The summed E-state index contributed by atoms with van der Waals surface area (Å²) in [5.41, 5.74) is -0.594. The van der Waals surface area contributed by atoms with E-state index in [-0.39, 0.29) is 17.9 Å². The highest BCUT2D eigenvalue weighted by molar-refractivity contribution is 7.90. The van der Waals surface area contributed by atoms with Crippen LogP contribution in [0.3, 0.4) is 0 Å². The van der Waals surface area contributed by atoms with Gasteiger partial charge in [0.15, 0.2) is 9.84 Å². The summed E-state index contributed by atoms with van der Waals surface area (Å²) < 4.78 is 29.2. The molecule has 0 amide bonds. The van der Waals surface area contributed by atoms with Gasteiger partial charge in [0.25, 0.3) is 0 Å². The molecule has 0 aliphatic heterocycles. The Hall–Kier alpha value is -1.18. The molecule has 0 aliphatic rings. The summed E-state index contributed by atoms with van der Waals surface area (Å²) in [4.78, 5) is 5.05. The summed E-state index contributed by atoms with van der Waals surface area (Å²) in [5.74, 6) is 0.197. The average Bonchev–Trinajstić information content (AvgIpc) is 2.95. The molecule has 0 radical (unpaired) electrons. The Balaban J connectivity index is 2.03. The standard InChI is InChI=1S/C13H17NO4S2/c1-13(2,15)5-7-20(16,17)9-10-8-18-12(14-10)11-4-3-6-19-11/h3-4,6,8,15H,5,7,9H2,1-2H3. The van der Waals surface area contributed by atoms with E-state index in [0.717, 1.165) is 4.88 Å². The SMILES string of the molecule is CC(C)(O)CCS(=O)(=O)Cc1coc(-c2cccs2)n1. The van der Waals surface area contributed by atoms with Crippen LogP contribution in [-0.4, -0.2) is 29.9 Å². The summed E-state index contributed by atoms with van der Waals surface area (Å²) in [5, 5.41) is 11.5. The van der Waals surface area contributed by atoms with Crippen LogP contribution in [0.15, 0.2) is 28.2 Å². The van der Waals surface area contributed by atoms with Crippen LogP contribution in [0, 0.1) is 0 Å². The number of rotatable bonds is 6. The van der Waals surface area contributed by atoms with E-state index in [1.807, 2.05) is 17.5 Å². The molecule has 0 fully saturated rings. The van der Waals surface area contributed by atoms with Crippen molar-refractivity contribution >= 4 is 21.2 Å². The Morgan fingerprint density at radius 3 is 2.80 bits per heavy atom. The first-order valence-corrected chi connectivity index (χ1v) is 8.86. The molecule has 0 unspecified atom stereocenters. The van der Waals surface area contributed by atoms with Gasteiger partial charge in [-0.05, 0) is 31.7 Å². The maximum Gasteiger partial charge on any atom is 0.236 e. The van der Waals surface area contributed by atoms with Crippen molar-refractivity contribution in [2.45, 2.75) is 31.6 Å². The molecule has 5 nitrogen and oxygen atoms in total. The molecule has 0 atom stereocenters. The molecule has 2 rings (SSSR count). The lowest BCUT2D eigenvalue weighted by atomic mass is 10.1. The van der Waals surface area contributed by atoms with Gasteiger partial charge in [-0.1, -0.05) is 6.07 Å².